The number of amides is 4. The highest BCUT2D eigenvalue weighted by Gasteiger charge is 2.31. The van der Waals surface area contributed by atoms with E-state index in [4.69, 9.17) is 22.3 Å². The first-order chi connectivity index (χ1) is 14.4. The highest BCUT2D eigenvalue weighted by atomic mass is 32.1. The number of carbonyl (C=O) groups is 5. The number of carboxylic acids is 1. The summed E-state index contributed by atoms with van der Waals surface area (Å²) in [6.45, 7) is 1.66. The van der Waals surface area contributed by atoms with E-state index < -0.39 is 66.3 Å². The van der Waals surface area contributed by atoms with E-state index in [1.165, 1.54) is 6.92 Å². The Bertz CT molecular complexity index is 648. The van der Waals surface area contributed by atoms with Crippen molar-refractivity contribution in [1.29, 1.82) is 0 Å². The highest BCUT2D eigenvalue weighted by Crippen LogP contribution is 2.04. The molecule has 0 rings (SSSR count). The molecule has 5 atom stereocenters. The zero-order valence-corrected chi connectivity index (χ0v) is 18.1. The summed E-state index contributed by atoms with van der Waals surface area (Å²) in [5, 5.41) is 25.3. The van der Waals surface area contributed by atoms with Gasteiger partial charge in [0, 0.05) is 5.75 Å². The second-order valence-electron chi connectivity index (χ2n) is 6.93. The molecule has 0 saturated carbocycles. The number of aliphatic hydroxyl groups is 1. The summed E-state index contributed by atoms with van der Waals surface area (Å²) in [6, 6.07) is -5.27. The number of nitrogens with two attached hydrogens (primary N) is 3. The van der Waals surface area contributed by atoms with Crippen LogP contribution in [0.5, 0.6) is 0 Å². The van der Waals surface area contributed by atoms with Crippen molar-refractivity contribution in [3.8, 4) is 0 Å². The molecule has 0 aliphatic rings. The molecule has 14 heteroatoms. The molecule has 11 N–H and O–H groups in total. The maximum atomic E-state index is 12.7. The van der Waals surface area contributed by atoms with Gasteiger partial charge in [0.2, 0.25) is 23.6 Å². The van der Waals surface area contributed by atoms with Crippen LogP contribution in [-0.4, -0.2) is 82.4 Å². The SMILES string of the molecule is CC(O)C(N)C(=O)NC(CCCCN)C(=O)NC(CC(N)=O)C(=O)NC(CS)C(=O)O. The Morgan fingerprint density at radius 2 is 1.45 bits per heavy atom. The first-order valence-corrected chi connectivity index (χ1v) is 10.2. The molecule has 178 valence electrons. The molecule has 5 unspecified atom stereocenters. The summed E-state index contributed by atoms with van der Waals surface area (Å²) in [6.07, 6.45) is -0.634. The quantitative estimate of drug-likeness (QED) is 0.0850. The first-order valence-electron chi connectivity index (χ1n) is 9.61. The van der Waals surface area contributed by atoms with Crippen LogP contribution in [0.1, 0.15) is 32.6 Å². The van der Waals surface area contributed by atoms with Crippen molar-refractivity contribution in [2.75, 3.05) is 12.3 Å². The van der Waals surface area contributed by atoms with Gasteiger partial charge in [0.1, 0.15) is 24.2 Å². The molecule has 0 bridgehead atoms. The average Bonchev–Trinajstić information content (AvgIpc) is 2.68. The third-order valence-electron chi connectivity index (χ3n) is 4.24. The maximum Gasteiger partial charge on any atom is 0.327 e. The molecule has 4 amide bonds. The van der Waals surface area contributed by atoms with Crippen LogP contribution in [0.3, 0.4) is 0 Å². The number of hydrogen-bond acceptors (Lipinski definition) is 9. The summed E-state index contributed by atoms with van der Waals surface area (Å²) >= 11 is 3.83. The molecule has 0 spiro atoms. The molecule has 0 aliphatic carbocycles. The van der Waals surface area contributed by atoms with E-state index in [1.54, 1.807) is 0 Å². The summed E-state index contributed by atoms with van der Waals surface area (Å²) < 4.78 is 0. The second kappa shape index (κ2) is 14.6. The van der Waals surface area contributed by atoms with Gasteiger partial charge in [-0.15, -0.1) is 0 Å². The van der Waals surface area contributed by atoms with Crippen LogP contribution in [-0.2, 0) is 24.0 Å². The Balaban J connectivity index is 5.43. The summed E-state index contributed by atoms with van der Waals surface area (Å²) in [4.78, 5) is 59.7. The Morgan fingerprint density at radius 3 is 1.90 bits per heavy atom. The van der Waals surface area contributed by atoms with Crippen molar-refractivity contribution in [2.45, 2.75) is 62.9 Å². The first kappa shape index (κ1) is 28.6. The number of rotatable bonds is 15. The molecule has 0 heterocycles. The van der Waals surface area contributed by atoms with Crippen molar-refractivity contribution < 1.29 is 34.2 Å². The number of primary amides is 1. The van der Waals surface area contributed by atoms with Gasteiger partial charge in [-0.25, -0.2) is 4.79 Å². The number of nitrogens with one attached hydrogen (secondary N) is 3. The Labute approximate surface area is 185 Å². The lowest BCUT2D eigenvalue weighted by Gasteiger charge is -2.25. The van der Waals surface area contributed by atoms with E-state index in [1.807, 2.05) is 0 Å². The standard InChI is InChI=1S/C17H32N6O7S/c1-8(24)13(20)16(28)21-9(4-2-3-5-18)14(26)22-10(6-12(19)25)15(27)23-11(7-31)17(29)30/h8-11,13,24,31H,2-7,18,20H2,1H3,(H2,19,25)(H,21,28)(H,22,26)(H,23,27)(H,29,30). The highest BCUT2D eigenvalue weighted by molar-refractivity contribution is 7.80. The van der Waals surface area contributed by atoms with Crippen LogP contribution >= 0.6 is 12.6 Å². The number of carbonyl (C=O) groups excluding carboxylic acids is 4. The molecule has 0 aromatic carbocycles. The lowest BCUT2D eigenvalue weighted by Crippen LogP contribution is -2.58. The minimum atomic E-state index is -1.48. The minimum Gasteiger partial charge on any atom is -0.480 e. The monoisotopic (exact) mass is 464 g/mol. The van der Waals surface area contributed by atoms with Gasteiger partial charge >= 0.3 is 5.97 Å². The van der Waals surface area contributed by atoms with Gasteiger partial charge in [0.25, 0.3) is 0 Å². The van der Waals surface area contributed by atoms with Crippen LogP contribution in [0.4, 0.5) is 0 Å². The minimum absolute atomic E-state index is 0.139. The van der Waals surface area contributed by atoms with Gasteiger partial charge in [-0.2, -0.15) is 12.6 Å². The van der Waals surface area contributed by atoms with Gasteiger partial charge in [-0.05, 0) is 32.7 Å². The van der Waals surface area contributed by atoms with Crippen molar-refractivity contribution in [2.24, 2.45) is 17.2 Å². The number of unbranched alkanes of at least 4 members (excludes halogenated alkanes) is 1. The predicted molar refractivity (Wildman–Crippen MR) is 114 cm³/mol. The smallest absolute Gasteiger partial charge is 0.327 e. The van der Waals surface area contributed by atoms with E-state index in [2.05, 4.69) is 28.6 Å². The van der Waals surface area contributed by atoms with E-state index in [-0.39, 0.29) is 12.2 Å². The predicted octanol–water partition coefficient (Wildman–Crippen LogP) is -3.83. The molecule has 13 nitrogen and oxygen atoms in total. The number of hydrogen-bond donors (Lipinski definition) is 9. The van der Waals surface area contributed by atoms with E-state index in [0.29, 0.717) is 19.4 Å². The van der Waals surface area contributed by atoms with Gasteiger partial charge in [0.15, 0.2) is 0 Å². The fourth-order valence-electron chi connectivity index (χ4n) is 2.39. The van der Waals surface area contributed by atoms with E-state index in [0.717, 1.165) is 0 Å². The molecule has 0 aromatic heterocycles. The van der Waals surface area contributed by atoms with Crippen LogP contribution in [0.25, 0.3) is 0 Å². The fraction of sp³-hybridized carbons (Fsp3) is 0.706. The van der Waals surface area contributed by atoms with Crippen molar-refractivity contribution in [3.05, 3.63) is 0 Å². The van der Waals surface area contributed by atoms with Crippen LogP contribution in [0.15, 0.2) is 0 Å². The molecule has 0 aliphatic heterocycles. The van der Waals surface area contributed by atoms with E-state index >= 15 is 0 Å². The lowest BCUT2D eigenvalue weighted by atomic mass is 10.1. The van der Waals surface area contributed by atoms with E-state index in [9.17, 15) is 29.1 Å². The molecule has 0 saturated heterocycles. The molecular formula is C17H32N6O7S. The molecule has 0 radical (unpaired) electrons. The molecule has 0 fully saturated rings. The van der Waals surface area contributed by atoms with Gasteiger partial charge in [-0.3, -0.25) is 19.2 Å². The topological polar surface area (TPSA) is 240 Å². The van der Waals surface area contributed by atoms with Crippen molar-refractivity contribution in [3.63, 3.8) is 0 Å². The maximum absolute atomic E-state index is 12.7. The largest absolute Gasteiger partial charge is 0.480 e. The average molecular weight is 465 g/mol. The molecule has 31 heavy (non-hydrogen) atoms. The Kier molecular flexibility index (Phi) is 13.4. The van der Waals surface area contributed by atoms with Crippen LogP contribution in [0.2, 0.25) is 0 Å². The number of carboxylic acid groups (broad SMARTS) is 1. The van der Waals surface area contributed by atoms with Gasteiger partial charge < -0.3 is 43.4 Å². The summed E-state index contributed by atoms with van der Waals surface area (Å²) in [7, 11) is 0. The zero-order chi connectivity index (χ0) is 24.1. The number of aliphatic hydroxyl groups excluding tert-OH is 1. The molecule has 0 aromatic rings. The van der Waals surface area contributed by atoms with Crippen molar-refractivity contribution >= 4 is 42.2 Å². The molecular weight excluding hydrogens is 432 g/mol. The van der Waals surface area contributed by atoms with Gasteiger partial charge in [-0.1, -0.05) is 0 Å². The third-order valence-corrected chi connectivity index (χ3v) is 4.60. The van der Waals surface area contributed by atoms with Crippen molar-refractivity contribution in [1.82, 2.24) is 16.0 Å². The third kappa shape index (κ3) is 11.0. The second-order valence-corrected chi connectivity index (χ2v) is 7.29. The summed E-state index contributed by atoms with van der Waals surface area (Å²) in [5.74, 6) is -5.07. The normalized spacial score (nSPS) is 15.6. The van der Waals surface area contributed by atoms with Crippen LogP contribution < -0.4 is 33.2 Å². The fourth-order valence-corrected chi connectivity index (χ4v) is 2.64. The number of aliphatic carboxylic acids is 1. The number of thiol groups is 1. The lowest BCUT2D eigenvalue weighted by molar-refractivity contribution is -0.141. The Morgan fingerprint density at radius 1 is 0.935 bits per heavy atom. The Hall–Kier alpha value is -2.42. The van der Waals surface area contributed by atoms with Crippen LogP contribution in [0, 0.1) is 0 Å². The summed E-state index contributed by atoms with van der Waals surface area (Å²) in [5.41, 5.74) is 16.1. The zero-order valence-electron chi connectivity index (χ0n) is 17.2. The van der Waals surface area contributed by atoms with Gasteiger partial charge in [0.05, 0.1) is 12.5 Å².